The monoisotopic (exact) mass is 305 g/mol. The molecule has 0 aliphatic carbocycles. The Hall–Kier alpha value is -1.79. The van der Waals surface area contributed by atoms with Gasteiger partial charge in [-0.15, -0.1) is 0 Å². The lowest BCUT2D eigenvalue weighted by atomic mass is 10.0. The molecular weight excluding hydrogens is 286 g/mol. The fourth-order valence-corrected chi connectivity index (χ4v) is 3.16. The Balaban J connectivity index is 1.92. The van der Waals surface area contributed by atoms with Crippen LogP contribution in [0.2, 0.25) is 0 Å². The Bertz CT molecular complexity index is 705. The van der Waals surface area contributed by atoms with Crippen molar-refractivity contribution in [2.75, 3.05) is 6.61 Å². The molecule has 1 aliphatic heterocycles. The number of nitrogens with one attached hydrogen (secondary N) is 1. The van der Waals surface area contributed by atoms with Crippen molar-refractivity contribution < 1.29 is 9.84 Å². The van der Waals surface area contributed by atoms with Crippen LogP contribution in [0.15, 0.2) is 24.4 Å². The van der Waals surface area contributed by atoms with Crippen LogP contribution < -0.4 is 10.5 Å². The summed E-state index contributed by atoms with van der Waals surface area (Å²) in [7, 11) is 0. The van der Waals surface area contributed by atoms with Gasteiger partial charge in [-0.1, -0.05) is 0 Å². The summed E-state index contributed by atoms with van der Waals surface area (Å²) in [6.45, 7) is 2.54. The van der Waals surface area contributed by atoms with Crippen molar-refractivity contribution in [3.63, 3.8) is 0 Å². The molecule has 1 aromatic heterocycles. The Morgan fingerprint density at radius 2 is 2.38 bits per heavy atom. The normalized spacial score (nSPS) is 18.9. The third-order valence-electron chi connectivity index (χ3n) is 3.72. The first kappa shape index (κ1) is 14.2. The van der Waals surface area contributed by atoms with E-state index in [1.54, 1.807) is 18.2 Å². The van der Waals surface area contributed by atoms with Gasteiger partial charge in [0, 0.05) is 30.8 Å². The number of aromatic hydroxyl groups is 1. The molecule has 21 heavy (non-hydrogen) atoms. The molecule has 2 atom stereocenters. The van der Waals surface area contributed by atoms with Gasteiger partial charge < -0.3 is 25.1 Å². The molecule has 1 aromatic carbocycles. The number of hydrogen-bond acceptors (Lipinski definition) is 4. The van der Waals surface area contributed by atoms with Gasteiger partial charge in [0.2, 0.25) is 0 Å². The molecule has 1 unspecified atom stereocenters. The number of nitrogens with two attached hydrogens (primary N) is 1. The molecule has 2 heterocycles. The maximum Gasteiger partial charge on any atom is 0.177 e. The first-order valence-corrected chi connectivity index (χ1v) is 7.44. The van der Waals surface area contributed by atoms with Crippen LogP contribution in [0.25, 0.3) is 0 Å². The number of aromatic amines is 1. The van der Waals surface area contributed by atoms with Crippen molar-refractivity contribution in [1.29, 1.82) is 0 Å². The average Bonchev–Trinajstić information content (AvgIpc) is 2.78. The number of fused-ring (bicyclic) bond motifs is 1. The minimum atomic E-state index is 0.0716. The lowest BCUT2D eigenvalue weighted by molar-refractivity contribution is 0.219. The lowest BCUT2D eigenvalue weighted by Gasteiger charge is -2.28. The molecule has 0 radical (unpaired) electrons. The van der Waals surface area contributed by atoms with E-state index in [0.717, 1.165) is 29.8 Å². The number of benzene rings is 1. The molecule has 0 amide bonds. The zero-order valence-corrected chi connectivity index (χ0v) is 12.7. The maximum absolute atomic E-state index is 9.63. The largest absolute Gasteiger partial charge is 0.508 e. The van der Waals surface area contributed by atoms with Gasteiger partial charge in [0.05, 0.1) is 6.04 Å². The number of ether oxygens (including phenoxy) is 1. The predicted octanol–water partition coefficient (Wildman–Crippen LogP) is 2.32. The molecule has 0 bridgehead atoms. The zero-order valence-electron chi connectivity index (χ0n) is 11.9. The third-order valence-corrected chi connectivity index (χ3v) is 4.03. The highest BCUT2D eigenvalue weighted by Gasteiger charge is 2.24. The number of aromatic nitrogens is 2. The minimum absolute atomic E-state index is 0.0716. The highest BCUT2D eigenvalue weighted by atomic mass is 32.1. The molecule has 0 saturated carbocycles. The number of imidazole rings is 1. The number of phenols is 1. The molecular formula is C15H19N3O2S. The Morgan fingerprint density at radius 3 is 3.14 bits per heavy atom. The van der Waals surface area contributed by atoms with E-state index in [1.165, 1.54) is 0 Å². The fraction of sp³-hybridized carbons (Fsp3) is 0.400. The first-order chi connectivity index (χ1) is 10.0. The summed E-state index contributed by atoms with van der Waals surface area (Å²) in [6.07, 6.45) is 3.46. The van der Waals surface area contributed by atoms with Crippen LogP contribution in [0.5, 0.6) is 11.5 Å². The number of rotatable bonds is 3. The average molecular weight is 305 g/mol. The van der Waals surface area contributed by atoms with Gasteiger partial charge in [-0.25, -0.2) is 0 Å². The van der Waals surface area contributed by atoms with E-state index in [1.807, 2.05) is 13.1 Å². The van der Waals surface area contributed by atoms with Gasteiger partial charge in [0.25, 0.3) is 0 Å². The van der Waals surface area contributed by atoms with Gasteiger partial charge in [0.15, 0.2) is 4.77 Å². The zero-order chi connectivity index (χ0) is 15.0. The van der Waals surface area contributed by atoms with Crippen LogP contribution in [0.1, 0.15) is 24.2 Å². The lowest BCUT2D eigenvalue weighted by Crippen LogP contribution is -2.27. The second-order valence-electron chi connectivity index (χ2n) is 5.60. The molecule has 1 aliphatic rings. The van der Waals surface area contributed by atoms with Crippen molar-refractivity contribution in [3.8, 4) is 11.5 Å². The molecule has 6 heteroatoms. The minimum Gasteiger partial charge on any atom is -0.508 e. The molecule has 112 valence electrons. The highest BCUT2D eigenvalue weighted by Crippen LogP contribution is 2.32. The Morgan fingerprint density at radius 1 is 1.57 bits per heavy atom. The highest BCUT2D eigenvalue weighted by molar-refractivity contribution is 7.71. The van der Waals surface area contributed by atoms with Crippen LogP contribution >= 0.6 is 12.2 Å². The number of nitrogens with zero attached hydrogens (tertiary/aromatic N) is 1. The smallest absolute Gasteiger partial charge is 0.177 e. The van der Waals surface area contributed by atoms with Crippen molar-refractivity contribution >= 4 is 12.2 Å². The van der Waals surface area contributed by atoms with Crippen LogP contribution in [0.4, 0.5) is 0 Å². The van der Waals surface area contributed by atoms with E-state index in [9.17, 15) is 5.11 Å². The van der Waals surface area contributed by atoms with Crippen LogP contribution in [0.3, 0.4) is 0 Å². The first-order valence-electron chi connectivity index (χ1n) is 7.03. The van der Waals surface area contributed by atoms with E-state index in [-0.39, 0.29) is 17.8 Å². The van der Waals surface area contributed by atoms with Crippen LogP contribution in [-0.2, 0) is 12.8 Å². The predicted molar refractivity (Wildman–Crippen MR) is 83.3 cm³/mol. The van der Waals surface area contributed by atoms with Gasteiger partial charge >= 0.3 is 0 Å². The molecule has 2 aromatic rings. The van der Waals surface area contributed by atoms with Crippen LogP contribution in [0, 0.1) is 4.77 Å². The number of H-pyrrole nitrogens is 1. The van der Waals surface area contributed by atoms with Crippen molar-refractivity contribution in [2.45, 2.75) is 31.8 Å². The number of phenolic OH excluding ortho intramolecular Hbond substituents is 1. The molecule has 4 N–H and O–H groups in total. The van der Waals surface area contributed by atoms with E-state index in [4.69, 9.17) is 22.7 Å². The molecule has 3 rings (SSSR count). The summed E-state index contributed by atoms with van der Waals surface area (Å²) in [5, 5.41) is 9.63. The summed E-state index contributed by atoms with van der Waals surface area (Å²) in [6, 6.07) is 5.39. The third kappa shape index (κ3) is 2.82. The summed E-state index contributed by atoms with van der Waals surface area (Å²) >= 11 is 5.39. The molecule has 5 nitrogen and oxygen atoms in total. The fourth-order valence-electron chi connectivity index (χ4n) is 2.83. The quantitative estimate of drug-likeness (QED) is 0.761. The SMILES string of the molecule is CC(N)Cc1c[nH]c(=S)n1[C@H]1COc2ccc(O)cc2C1. The van der Waals surface area contributed by atoms with Crippen molar-refractivity contribution in [1.82, 2.24) is 9.55 Å². The van der Waals surface area contributed by atoms with Gasteiger partial charge in [-0.05, 0) is 42.9 Å². The van der Waals surface area contributed by atoms with E-state index < -0.39 is 0 Å². The second kappa shape index (κ2) is 5.54. The standard InChI is InChI=1S/C15H19N3O2S/c1-9(16)4-11-7-17-15(21)18(11)12-5-10-6-13(19)2-3-14(10)20-8-12/h2-3,6-7,9,12,19H,4-5,8,16H2,1H3,(H,17,21)/t9?,12-/m1/s1. The van der Waals surface area contributed by atoms with E-state index >= 15 is 0 Å². The second-order valence-corrected chi connectivity index (χ2v) is 5.98. The summed E-state index contributed by atoms with van der Waals surface area (Å²) in [5.74, 6) is 1.09. The van der Waals surface area contributed by atoms with Crippen molar-refractivity contribution in [3.05, 3.63) is 40.4 Å². The Kier molecular flexibility index (Phi) is 3.73. The maximum atomic E-state index is 9.63. The van der Waals surface area contributed by atoms with Gasteiger partial charge in [0.1, 0.15) is 18.1 Å². The molecule has 0 saturated heterocycles. The van der Waals surface area contributed by atoms with Crippen molar-refractivity contribution in [2.24, 2.45) is 5.73 Å². The summed E-state index contributed by atoms with van der Waals surface area (Å²) < 4.78 is 8.58. The van der Waals surface area contributed by atoms with Gasteiger partial charge in [-0.2, -0.15) is 0 Å². The summed E-state index contributed by atoms with van der Waals surface area (Å²) in [5.41, 5.74) is 7.99. The topological polar surface area (TPSA) is 76.2 Å². The van der Waals surface area contributed by atoms with Crippen LogP contribution in [-0.4, -0.2) is 27.3 Å². The Labute approximate surface area is 128 Å². The summed E-state index contributed by atoms with van der Waals surface area (Å²) in [4.78, 5) is 3.09. The van der Waals surface area contributed by atoms with E-state index in [0.29, 0.717) is 11.4 Å². The molecule has 0 fully saturated rings. The van der Waals surface area contributed by atoms with Gasteiger partial charge in [-0.3, -0.25) is 0 Å². The number of hydrogen-bond donors (Lipinski definition) is 3. The van der Waals surface area contributed by atoms with E-state index in [2.05, 4.69) is 9.55 Å². The molecule has 0 spiro atoms.